The van der Waals surface area contributed by atoms with E-state index in [4.69, 9.17) is 0 Å². The fraction of sp³-hybridized carbons (Fsp3) is 0.211. The normalized spacial score (nSPS) is 17.2. The van der Waals surface area contributed by atoms with Gasteiger partial charge in [0.15, 0.2) is 0 Å². The summed E-state index contributed by atoms with van der Waals surface area (Å²) in [6.07, 6.45) is 6.70. The van der Waals surface area contributed by atoms with Crippen LogP contribution in [0.3, 0.4) is 0 Å². The van der Waals surface area contributed by atoms with E-state index in [9.17, 15) is 4.79 Å². The third kappa shape index (κ3) is 3.66. The van der Waals surface area contributed by atoms with Gasteiger partial charge in [-0.25, -0.2) is 0 Å². The van der Waals surface area contributed by atoms with Crippen molar-refractivity contribution in [1.29, 1.82) is 0 Å². The van der Waals surface area contributed by atoms with Crippen LogP contribution in [0, 0.1) is 0 Å². The van der Waals surface area contributed by atoms with Crippen LogP contribution in [-0.4, -0.2) is 5.91 Å². The maximum Gasteiger partial charge on any atom is 0.244 e. The number of rotatable bonds is 3. The average Bonchev–Trinajstić information content (AvgIpc) is 2.55. The molecule has 0 aromatic heterocycles. The number of carbonyl (C=O) groups is 1. The van der Waals surface area contributed by atoms with Gasteiger partial charge in [0.1, 0.15) is 0 Å². The number of fused-ring (bicyclic) bond motifs is 1. The Morgan fingerprint density at radius 2 is 1.91 bits per heavy atom. The molecule has 0 fully saturated rings. The van der Waals surface area contributed by atoms with Gasteiger partial charge in [-0.05, 0) is 54.2 Å². The van der Waals surface area contributed by atoms with Gasteiger partial charge in [0, 0.05) is 10.5 Å². The van der Waals surface area contributed by atoms with Crippen molar-refractivity contribution in [3.8, 4) is 0 Å². The zero-order chi connectivity index (χ0) is 15.4. The molecular weight excluding hydrogens is 338 g/mol. The second kappa shape index (κ2) is 6.93. The Morgan fingerprint density at radius 3 is 2.73 bits per heavy atom. The second-order valence-corrected chi connectivity index (χ2v) is 6.45. The first-order chi connectivity index (χ1) is 10.7. The van der Waals surface area contributed by atoms with Crippen molar-refractivity contribution in [1.82, 2.24) is 5.32 Å². The minimum absolute atomic E-state index is 0.0374. The van der Waals surface area contributed by atoms with Crippen molar-refractivity contribution < 1.29 is 4.79 Å². The van der Waals surface area contributed by atoms with Crippen LogP contribution in [0.2, 0.25) is 0 Å². The summed E-state index contributed by atoms with van der Waals surface area (Å²) in [6.45, 7) is 0. The first-order valence-corrected chi connectivity index (χ1v) is 8.33. The minimum atomic E-state index is -0.0374. The van der Waals surface area contributed by atoms with Gasteiger partial charge in [0.05, 0.1) is 6.04 Å². The van der Waals surface area contributed by atoms with Crippen LogP contribution < -0.4 is 5.32 Å². The monoisotopic (exact) mass is 355 g/mol. The number of aryl methyl sites for hydroxylation is 1. The summed E-state index contributed by atoms with van der Waals surface area (Å²) >= 11 is 3.40. The van der Waals surface area contributed by atoms with Crippen LogP contribution in [0.1, 0.15) is 35.6 Å². The summed E-state index contributed by atoms with van der Waals surface area (Å²) < 4.78 is 1.04. The third-order valence-electron chi connectivity index (χ3n) is 3.98. The van der Waals surface area contributed by atoms with Crippen molar-refractivity contribution in [2.45, 2.75) is 25.3 Å². The van der Waals surface area contributed by atoms with Crippen molar-refractivity contribution in [2.24, 2.45) is 0 Å². The highest BCUT2D eigenvalue weighted by atomic mass is 79.9. The van der Waals surface area contributed by atoms with Crippen LogP contribution >= 0.6 is 15.9 Å². The molecule has 0 unspecified atom stereocenters. The summed E-state index contributed by atoms with van der Waals surface area (Å²) in [7, 11) is 0. The van der Waals surface area contributed by atoms with Crippen molar-refractivity contribution in [3.05, 3.63) is 75.8 Å². The standard InChI is InChI=1S/C19H18BrNO/c20-16-11-8-14(9-12-16)10-13-19(22)21-18-7-3-5-15-4-1-2-6-17(15)18/h1-2,4,6,8-13,18H,3,5,7H2,(H,21,22)/b13-10+/t18-/m0/s1. The molecule has 3 heteroatoms. The third-order valence-corrected chi connectivity index (χ3v) is 4.51. The van der Waals surface area contributed by atoms with E-state index in [0.29, 0.717) is 0 Å². The molecule has 3 rings (SSSR count). The van der Waals surface area contributed by atoms with Gasteiger partial charge in [-0.15, -0.1) is 0 Å². The fourth-order valence-corrected chi connectivity index (χ4v) is 3.13. The molecule has 0 saturated carbocycles. The van der Waals surface area contributed by atoms with Gasteiger partial charge >= 0.3 is 0 Å². The largest absolute Gasteiger partial charge is 0.346 e. The van der Waals surface area contributed by atoms with E-state index >= 15 is 0 Å². The predicted molar refractivity (Wildman–Crippen MR) is 93.4 cm³/mol. The summed E-state index contributed by atoms with van der Waals surface area (Å²) in [6, 6.07) is 16.4. The molecule has 0 aliphatic heterocycles. The highest BCUT2D eigenvalue weighted by Gasteiger charge is 2.20. The predicted octanol–water partition coefficient (Wildman–Crippen LogP) is 4.66. The number of hydrogen-bond acceptors (Lipinski definition) is 1. The first kappa shape index (κ1) is 15.0. The van der Waals surface area contributed by atoms with Crippen LogP contribution in [0.4, 0.5) is 0 Å². The maximum absolute atomic E-state index is 12.2. The molecule has 2 nitrogen and oxygen atoms in total. The Bertz CT molecular complexity index is 691. The molecule has 2 aromatic rings. The average molecular weight is 356 g/mol. The molecule has 0 spiro atoms. The zero-order valence-electron chi connectivity index (χ0n) is 12.3. The second-order valence-electron chi connectivity index (χ2n) is 5.54. The molecule has 1 atom stereocenters. The molecular formula is C19H18BrNO. The highest BCUT2D eigenvalue weighted by Crippen LogP contribution is 2.29. The van der Waals surface area contributed by atoms with E-state index in [1.54, 1.807) is 6.08 Å². The number of amides is 1. The highest BCUT2D eigenvalue weighted by molar-refractivity contribution is 9.10. The van der Waals surface area contributed by atoms with E-state index < -0.39 is 0 Å². The van der Waals surface area contributed by atoms with Gasteiger partial charge in [-0.2, -0.15) is 0 Å². The molecule has 0 saturated heterocycles. The van der Waals surface area contributed by atoms with Crippen LogP contribution in [-0.2, 0) is 11.2 Å². The molecule has 1 amide bonds. The van der Waals surface area contributed by atoms with E-state index in [-0.39, 0.29) is 11.9 Å². The lowest BCUT2D eigenvalue weighted by Crippen LogP contribution is -2.29. The molecule has 1 aliphatic carbocycles. The molecule has 22 heavy (non-hydrogen) atoms. The van der Waals surface area contributed by atoms with E-state index in [0.717, 1.165) is 29.3 Å². The maximum atomic E-state index is 12.2. The van der Waals surface area contributed by atoms with Crippen molar-refractivity contribution in [2.75, 3.05) is 0 Å². The lowest BCUT2D eigenvalue weighted by molar-refractivity contribution is -0.117. The minimum Gasteiger partial charge on any atom is -0.346 e. The number of hydrogen-bond donors (Lipinski definition) is 1. The SMILES string of the molecule is O=C(/C=C/c1ccc(Br)cc1)N[C@H]1CCCc2ccccc21. The zero-order valence-corrected chi connectivity index (χ0v) is 13.8. The molecule has 0 bridgehead atoms. The fourth-order valence-electron chi connectivity index (χ4n) is 2.87. The Morgan fingerprint density at radius 1 is 1.14 bits per heavy atom. The van der Waals surface area contributed by atoms with Crippen molar-refractivity contribution >= 4 is 27.9 Å². The number of benzene rings is 2. The molecule has 1 aliphatic rings. The van der Waals surface area contributed by atoms with Crippen molar-refractivity contribution in [3.63, 3.8) is 0 Å². The molecule has 0 radical (unpaired) electrons. The number of nitrogens with one attached hydrogen (secondary N) is 1. The first-order valence-electron chi connectivity index (χ1n) is 7.54. The van der Waals surface area contributed by atoms with Gasteiger partial charge in [-0.3, -0.25) is 4.79 Å². The Kier molecular flexibility index (Phi) is 4.74. The van der Waals surface area contributed by atoms with Gasteiger partial charge in [0.2, 0.25) is 5.91 Å². The van der Waals surface area contributed by atoms with Gasteiger partial charge in [0.25, 0.3) is 0 Å². The summed E-state index contributed by atoms with van der Waals surface area (Å²) in [5.74, 6) is -0.0374. The topological polar surface area (TPSA) is 29.1 Å². The van der Waals surface area contributed by atoms with Crippen LogP contribution in [0.5, 0.6) is 0 Å². The quantitative estimate of drug-likeness (QED) is 0.797. The summed E-state index contributed by atoms with van der Waals surface area (Å²) in [4.78, 5) is 12.2. The van der Waals surface area contributed by atoms with Crippen LogP contribution in [0.15, 0.2) is 59.1 Å². The van der Waals surface area contributed by atoms with E-state index in [2.05, 4.69) is 39.4 Å². The molecule has 1 N–H and O–H groups in total. The van der Waals surface area contributed by atoms with E-state index in [1.165, 1.54) is 11.1 Å². The molecule has 112 valence electrons. The summed E-state index contributed by atoms with van der Waals surface area (Å²) in [5, 5.41) is 3.12. The smallest absolute Gasteiger partial charge is 0.244 e. The van der Waals surface area contributed by atoms with Crippen LogP contribution in [0.25, 0.3) is 6.08 Å². The lowest BCUT2D eigenvalue weighted by atomic mass is 9.88. The number of halogens is 1. The van der Waals surface area contributed by atoms with Gasteiger partial charge in [-0.1, -0.05) is 52.3 Å². The lowest BCUT2D eigenvalue weighted by Gasteiger charge is -2.25. The Balaban J connectivity index is 1.66. The molecule has 0 heterocycles. The number of carbonyl (C=O) groups excluding carboxylic acids is 1. The molecule has 2 aromatic carbocycles. The summed E-state index contributed by atoms with van der Waals surface area (Å²) in [5.41, 5.74) is 3.64. The Labute approximate surface area is 139 Å². The van der Waals surface area contributed by atoms with E-state index in [1.807, 2.05) is 36.4 Å². The Hall–Kier alpha value is -1.87. The van der Waals surface area contributed by atoms with Gasteiger partial charge < -0.3 is 5.32 Å².